The largest absolute Gasteiger partial charge is 0.368 e. The highest BCUT2D eigenvalue weighted by atomic mass is 35.5. The number of aromatic nitrogens is 1. The molecule has 162 valence electrons. The number of benzene rings is 1. The SMILES string of the molecule is CCNC(=NCCc1c[nH]c2ccc(Cl)cc12)N1CCN(C(=O)C2CCCO2)CC1. The molecule has 0 aliphatic carbocycles. The third-order valence-corrected chi connectivity index (χ3v) is 6.04. The summed E-state index contributed by atoms with van der Waals surface area (Å²) >= 11 is 6.16. The lowest BCUT2D eigenvalue weighted by atomic mass is 10.1. The second-order valence-corrected chi connectivity index (χ2v) is 8.24. The van der Waals surface area contributed by atoms with Gasteiger partial charge < -0.3 is 24.8 Å². The Bertz CT molecular complexity index is 898. The molecule has 30 heavy (non-hydrogen) atoms. The van der Waals surface area contributed by atoms with E-state index >= 15 is 0 Å². The van der Waals surface area contributed by atoms with Gasteiger partial charge in [0, 0.05) is 68.0 Å². The van der Waals surface area contributed by atoms with Crippen LogP contribution in [0.4, 0.5) is 0 Å². The number of fused-ring (bicyclic) bond motifs is 1. The van der Waals surface area contributed by atoms with E-state index in [9.17, 15) is 4.79 Å². The van der Waals surface area contributed by atoms with Gasteiger partial charge in [0.1, 0.15) is 6.10 Å². The Morgan fingerprint density at radius 2 is 2.10 bits per heavy atom. The second kappa shape index (κ2) is 9.71. The molecular weight excluding hydrogens is 402 g/mol. The summed E-state index contributed by atoms with van der Waals surface area (Å²) in [5.41, 5.74) is 2.32. The third-order valence-electron chi connectivity index (χ3n) is 5.80. The Labute approximate surface area is 182 Å². The Hall–Kier alpha value is -2.25. The molecule has 8 heteroatoms. The van der Waals surface area contributed by atoms with Crippen molar-refractivity contribution in [2.75, 3.05) is 45.9 Å². The number of hydrogen-bond donors (Lipinski definition) is 2. The van der Waals surface area contributed by atoms with E-state index in [2.05, 4.69) is 22.1 Å². The minimum Gasteiger partial charge on any atom is -0.368 e. The Morgan fingerprint density at radius 3 is 2.83 bits per heavy atom. The molecule has 1 atom stereocenters. The van der Waals surface area contributed by atoms with Gasteiger partial charge >= 0.3 is 0 Å². The zero-order valence-electron chi connectivity index (χ0n) is 17.5. The van der Waals surface area contributed by atoms with Crippen molar-refractivity contribution in [1.29, 1.82) is 0 Å². The maximum atomic E-state index is 12.6. The van der Waals surface area contributed by atoms with Crippen LogP contribution in [0.3, 0.4) is 0 Å². The molecule has 2 aromatic rings. The van der Waals surface area contributed by atoms with E-state index in [1.54, 1.807) is 0 Å². The van der Waals surface area contributed by atoms with E-state index in [1.165, 1.54) is 5.56 Å². The third kappa shape index (κ3) is 4.73. The zero-order valence-corrected chi connectivity index (χ0v) is 18.2. The monoisotopic (exact) mass is 431 g/mol. The van der Waals surface area contributed by atoms with Crippen molar-refractivity contribution in [1.82, 2.24) is 20.1 Å². The molecule has 0 saturated carbocycles. The fraction of sp³-hybridized carbons (Fsp3) is 0.545. The number of aliphatic imine (C=N–C) groups is 1. The number of hydrogen-bond acceptors (Lipinski definition) is 3. The van der Waals surface area contributed by atoms with Crippen molar-refractivity contribution in [3.05, 3.63) is 35.0 Å². The summed E-state index contributed by atoms with van der Waals surface area (Å²) in [5, 5.41) is 5.30. The number of halogens is 1. The molecule has 0 radical (unpaired) electrons. The highest BCUT2D eigenvalue weighted by Crippen LogP contribution is 2.23. The maximum absolute atomic E-state index is 12.6. The van der Waals surface area contributed by atoms with Gasteiger partial charge in [-0.25, -0.2) is 0 Å². The van der Waals surface area contributed by atoms with Crippen LogP contribution in [0.25, 0.3) is 10.9 Å². The number of rotatable bonds is 5. The van der Waals surface area contributed by atoms with Crippen LogP contribution in [0.15, 0.2) is 29.4 Å². The molecule has 1 aromatic carbocycles. The predicted molar refractivity (Wildman–Crippen MR) is 120 cm³/mol. The van der Waals surface area contributed by atoms with Crippen molar-refractivity contribution < 1.29 is 9.53 Å². The van der Waals surface area contributed by atoms with Crippen LogP contribution in [0.5, 0.6) is 0 Å². The number of carbonyl (C=O) groups is 1. The molecule has 2 saturated heterocycles. The average molecular weight is 432 g/mol. The van der Waals surface area contributed by atoms with Crippen molar-refractivity contribution >= 4 is 34.4 Å². The average Bonchev–Trinajstić information content (AvgIpc) is 3.43. The second-order valence-electron chi connectivity index (χ2n) is 7.80. The van der Waals surface area contributed by atoms with Crippen LogP contribution in [0.2, 0.25) is 5.02 Å². The van der Waals surface area contributed by atoms with Crippen LogP contribution in [-0.2, 0) is 16.0 Å². The Balaban J connectivity index is 1.34. The van der Waals surface area contributed by atoms with E-state index in [1.807, 2.05) is 29.3 Å². The smallest absolute Gasteiger partial charge is 0.251 e. The Morgan fingerprint density at radius 1 is 1.30 bits per heavy atom. The first-order valence-electron chi connectivity index (χ1n) is 10.8. The summed E-state index contributed by atoms with van der Waals surface area (Å²) < 4.78 is 5.56. The summed E-state index contributed by atoms with van der Waals surface area (Å²) in [7, 11) is 0. The lowest BCUT2D eigenvalue weighted by Crippen LogP contribution is -2.55. The molecule has 2 aliphatic heterocycles. The van der Waals surface area contributed by atoms with Crippen LogP contribution in [0.1, 0.15) is 25.3 Å². The van der Waals surface area contributed by atoms with Crippen LogP contribution >= 0.6 is 11.6 Å². The number of piperazine rings is 1. The summed E-state index contributed by atoms with van der Waals surface area (Å²) in [6.07, 6.45) is 4.48. The first-order valence-corrected chi connectivity index (χ1v) is 11.2. The van der Waals surface area contributed by atoms with Gasteiger partial charge in [0.15, 0.2) is 5.96 Å². The highest BCUT2D eigenvalue weighted by molar-refractivity contribution is 6.31. The Kier molecular flexibility index (Phi) is 6.79. The number of nitrogens with one attached hydrogen (secondary N) is 2. The molecule has 0 spiro atoms. The fourth-order valence-corrected chi connectivity index (χ4v) is 4.35. The molecule has 2 fully saturated rings. The van der Waals surface area contributed by atoms with Gasteiger partial charge in [-0.15, -0.1) is 0 Å². The van der Waals surface area contributed by atoms with Crippen molar-refractivity contribution in [2.45, 2.75) is 32.3 Å². The van der Waals surface area contributed by atoms with Gasteiger partial charge in [0.05, 0.1) is 0 Å². The molecule has 4 rings (SSSR count). The van der Waals surface area contributed by atoms with Crippen molar-refractivity contribution in [3.63, 3.8) is 0 Å². The highest BCUT2D eigenvalue weighted by Gasteiger charge is 2.30. The van der Waals surface area contributed by atoms with E-state index < -0.39 is 0 Å². The van der Waals surface area contributed by atoms with Gasteiger partial charge in [-0.05, 0) is 49.9 Å². The van der Waals surface area contributed by atoms with Crippen LogP contribution < -0.4 is 5.32 Å². The number of guanidine groups is 1. The lowest BCUT2D eigenvalue weighted by Gasteiger charge is -2.37. The number of nitrogens with zero attached hydrogens (tertiary/aromatic N) is 3. The lowest BCUT2D eigenvalue weighted by molar-refractivity contribution is -0.142. The molecular formula is C22H30ClN5O2. The minimum atomic E-state index is -0.233. The minimum absolute atomic E-state index is 0.145. The van der Waals surface area contributed by atoms with E-state index in [0.717, 1.165) is 60.8 Å². The number of amides is 1. The quantitative estimate of drug-likeness (QED) is 0.564. The molecule has 7 nitrogen and oxygen atoms in total. The van der Waals surface area contributed by atoms with Crippen molar-refractivity contribution in [2.24, 2.45) is 4.99 Å². The first kappa shape index (κ1) is 21.0. The van der Waals surface area contributed by atoms with Gasteiger partial charge in [-0.2, -0.15) is 0 Å². The fourth-order valence-electron chi connectivity index (χ4n) is 4.18. The van der Waals surface area contributed by atoms with Crippen LogP contribution in [-0.4, -0.2) is 78.6 Å². The molecule has 1 unspecified atom stereocenters. The van der Waals surface area contributed by atoms with Gasteiger partial charge in [-0.1, -0.05) is 11.6 Å². The summed E-state index contributed by atoms with van der Waals surface area (Å²) in [6, 6.07) is 5.91. The standard InChI is InChI=1S/C22H30ClN5O2/c1-2-24-22(25-8-7-16-15-26-19-6-5-17(23)14-18(16)19)28-11-9-27(10-12-28)21(29)20-4-3-13-30-20/h5-6,14-15,20,26H,2-4,7-13H2,1H3,(H,24,25). The van der Waals surface area contributed by atoms with Gasteiger partial charge in [0.25, 0.3) is 5.91 Å². The van der Waals surface area contributed by atoms with E-state index in [-0.39, 0.29) is 12.0 Å². The van der Waals surface area contributed by atoms with Crippen LogP contribution in [0, 0.1) is 0 Å². The molecule has 1 amide bonds. The summed E-state index contributed by atoms with van der Waals surface area (Å²) in [6.45, 7) is 7.28. The molecule has 2 aliphatic rings. The summed E-state index contributed by atoms with van der Waals surface area (Å²) in [4.78, 5) is 24.9. The molecule has 1 aromatic heterocycles. The molecule has 3 heterocycles. The summed E-state index contributed by atoms with van der Waals surface area (Å²) in [5.74, 6) is 1.06. The van der Waals surface area contributed by atoms with Crippen molar-refractivity contribution in [3.8, 4) is 0 Å². The van der Waals surface area contributed by atoms with E-state index in [4.69, 9.17) is 21.3 Å². The first-order chi connectivity index (χ1) is 14.7. The topological polar surface area (TPSA) is 73.0 Å². The maximum Gasteiger partial charge on any atom is 0.251 e. The number of carbonyl (C=O) groups excluding carboxylic acids is 1. The molecule has 2 N–H and O–H groups in total. The normalized spacial score (nSPS) is 20.2. The van der Waals surface area contributed by atoms with Gasteiger partial charge in [-0.3, -0.25) is 9.79 Å². The van der Waals surface area contributed by atoms with E-state index in [0.29, 0.717) is 26.2 Å². The number of aromatic amines is 1. The zero-order chi connectivity index (χ0) is 20.9. The number of ether oxygens (including phenoxy) is 1. The van der Waals surface area contributed by atoms with Gasteiger partial charge in [0.2, 0.25) is 0 Å². The predicted octanol–water partition coefficient (Wildman–Crippen LogP) is 2.65. The molecule has 0 bridgehead atoms. The number of H-pyrrole nitrogens is 1.